The van der Waals surface area contributed by atoms with E-state index in [9.17, 15) is 4.79 Å². The van der Waals surface area contributed by atoms with Crippen molar-refractivity contribution < 1.29 is 9.21 Å². The van der Waals surface area contributed by atoms with Crippen LogP contribution in [0, 0.1) is 6.92 Å². The highest BCUT2D eigenvalue weighted by Crippen LogP contribution is 2.28. The first kappa shape index (κ1) is 23.6. The number of rotatable bonds is 5. The molecular formula is C25H29N9O2. The summed E-state index contributed by atoms with van der Waals surface area (Å²) in [4.78, 5) is 21.9. The zero-order valence-corrected chi connectivity index (χ0v) is 20.7. The highest BCUT2D eigenvalue weighted by atomic mass is 16.4. The molecule has 0 radical (unpaired) electrons. The first-order valence-electron chi connectivity index (χ1n) is 11.9. The van der Waals surface area contributed by atoms with Crippen LogP contribution in [0.4, 0.5) is 11.6 Å². The van der Waals surface area contributed by atoms with Gasteiger partial charge >= 0.3 is 11.8 Å². The number of aromatic amines is 1. The van der Waals surface area contributed by atoms with Crippen molar-refractivity contribution in [1.29, 1.82) is 0 Å². The molecule has 1 aliphatic rings. The van der Waals surface area contributed by atoms with Gasteiger partial charge < -0.3 is 20.4 Å². The third-order valence-electron chi connectivity index (χ3n) is 6.03. The number of benzene rings is 1. The second kappa shape index (κ2) is 9.50. The molecule has 4 heterocycles. The predicted molar refractivity (Wildman–Crippen MR) is 134 cm³/mol. The summed E-state index contributed by atoms with van der Waals surface area (Å²) in [6, 6.07) is 7.84. The standard InChI is InChI=1S/C25H29N9O2/c1-14-19(13-28-32-14)31-24-27-10-8-18(30-24)16-5-6-17-15(11-16)7-9-26-12-20(17)29-21(35)22-33-34-23(36-22)25(2,3)4/h5-6,8,10-11,13,20,26H,7,9,12H2,1-4H3,(H,28,32)(H,29,35)(H,27,30,31)/t20-/m0/s1. The Balaban J connectivity index is 1.37. The normalized spacial score (nSPS) is 15.7. The summed E-state index contributed by atoms with van der Waals surface area (Å²) in [6.45, 7) is 9.20. The van der Waals surface area contributed by atoms with Crippen LogP contribution in [0.2, 0.25) is 0 Å². The van der Waals surface area contributed by atoms with Crippen LogP contribution >= 0.6 is 0 Å². The third-order valence-corrected chi connectivity index (χ3v) is 6.03. The van der Waals surface area contributed by atoms with Crippen LogP contribution in [-0.2, 0) is 11.8 Å². The van der Waals surface area contributed by atoms with Crippen LogP contribution in [0.1, 0.15) is 60.2 Å². The molecule has 11 heteroatoms. The summed E-state index contributed by atoms with van der Waals surface area (Å²) in [5, 5.41) is 24.5. The Morgan fingerprint density at radius 3 is 2.81 bits per heavy atom. The fourth-order valence-corrected chi connectivity index (χ4v) is 4.04. The Morgan fingerprint density at radius 2 is 2.06 bits per heavy atom. The minimum atomic E-state index is -0.386. The van der Waals surface area contributed by atoms with Gasteiger partial charge in [-0.05, 0) is 43.1 Å². The number of anilines is 2. The molecule has 0 fully saturated rings. The molecule has 0 aliphatic carbocycles. The van der Waals surface area contributed by atoms with Gasteiger partial charge in [-0.25, -0.2) is 9.97 Å². The molecule has 3 aromatic heterocycles. The summed E-state index contributed by atoms with van der Waals surface area (Å²) in [5.41, 5.74) is 5.37. The lowest BCUT2D eigenvalue weighted by atomic mass is 9.96. The van der Waals surface area contributed by atoms with E-state index >= 15 is 0 Å². The first-order chi connectivity index (χ1) is 17.3. The minimum absolute atomic E-state index is 0.0313. The molecule has 0 spiro atoms. The van der Waals surface area contributed by atoms with Crippen LogP contribution in [0.5, 0.6) is 0 Å². The van der Waals surface area contributed by atoms with Crippen molar-refractivity contribution in [2.45, 2.75) is 45.6 Å². The lowest BCUT2D eigenvalue weighted by Gasteiger charge is -2.19. The number of amides is 1. The number of nitrogens with zero attached hydrogens (tertiary/aromatic N) is 5. The van der Waals surface area contributed by atoms with E-state index in [-0.39, 0.29) is 23.3 Å². The summed E-state index contributed by atoms with van der Waals surface area (Å²) in [5.74, 6) is 0.505. The Labute approximate surface area is 208 Å². The topological polar surface area (TPSA) is 147 Å². The van der Waals surface area contributed by atoms with Crippen LogP contribution in [0.25, 0.3) is 11.3 Å². The Hall–Kier alpha value is -4.12. The molecule has 11 nitrogen and oxygen atoms in total. The minimum Gasteiger partial charge on any atom is -0.416 e. The van der Waals surface area contributed by atoms with E-state index in [1.54, 1.807) is 12.4 Å². The SMILES string of the molecule is Cc1[nH]ncc1Nc1nccc(-c2ccc3c(c2)CCNC[C@@H]3NC(=O)c2nnc(C(C)(C)C)o2)n1. The van der Waals surface area contributed by atoms with Crippen molar-refractivity contribution in [2.75, 3.05) is 18.4 Å². The van der Waals surface area contributed by atoms with E-state index < -0.39 is 0 Å². The molecule has 0 saturated carbocycles. The van der Waals surface area contributed by atoms with Crippen molar-refractivity contribution in [3.05, 3.63) is 65.3 Å². The summed E-state index contributed by atoms with van der Waals surface area (Å²) < 4.78 is 5.62. The fraction of sp³-hybridized carbons (Fsp3) is 0.360. The lowest BCUT2D eigenvalue weighted by molar-refractivity contribution is 0.0898. The van der Waals surface area contributed by atoms with E-state index in [1.165, 1.54) is 0 Å². The van der Waals surface area contributed by atoms with Crippen molar-refractivity contribution in [1.82, 2.24) is 41.0 Å². The smallest absolute Gasteiger partial charge is 0.309 e. The Bertz CT molecular complexity index is 1390. The Kier molecular flexibility index (Phi) is 6.23. The largest absolute Gasteiger partial charge is 0.416 e. The van der Waals surface area contributed by atoms with E-state index in [0.29, 0.717) is 18.4 Å². The maximum atomic E-state index is 12.9. The molecule has 0 bridgehead atoms. The van der Waals surface area contributed by atoms with Gasteiger partial charge in [0.05, 0.1) is 29.3 Å². The van der Waals surface area contributed by atoms with Gasteiger partial charge in [0.25, 0.3) is 0 Å². The molecule has 4 aromatic rings. The van der Waals surface area contributed by atoms with E-state index in [4.69, 9.17) is 4.42 Å². The average Bonchev–Trinajstić information content (AvgIpc) is 3.46. The molecule has 1 aliphatic heterocycles. The van der Waals surface area contributed by atoms with E-state index in [1.807, 2.05) is 45.9 Å². The molecular weight excluding hydrogens is 458 g/mol. The van der Waals surface area contributed by atoms with Crippen LogP contribution < -0.4 is 16.0 Å². The Morgan fingerprint density at radius 1 is 1.19 bits per heavy atom. The highest BCUT2D eigenvalue weighted by Gasteiger charge is 2.27. The van der Waals surface area contributed by atoms with Crippen LogP contribution in [0.15, 0.2) is 41.1 Å². The lowest BCUT2D eigenvalue weighted by Crippen LogP contribution is -2.35. The monoisotopic (exact) mass is 487 g/mol. The summed E-state index contributed by atoms with van der Waals surface area (Å²) in [7, 11) is 0. The number of H-pyrrole nitrogens is 1. The van der Waals surface area contributed by atoms with Crippen molar-refractivity contribution in [3.63, 3.8) is 0 Å². The van der Waals surface area contributed by atoms with Gasteiger partial charge in [-0.1, -0.05) is 32.9 Å². The van der Waals surface area contributed by atoms with Gasteiger partial charge in [-0.15, -0.1) is 10.2 Å². The molecule has 5 rings (SSSR count). The first-order valence-corrected chi connectivity index (χ1v) is 11.9. The number of nitrogens with one attached hydrogen (secondary N) is 4. The molecule has 1 amide bonds. The van der Waals surface area contributed by atoms with Gasteiger partial charge in [0.15, 0.2) is 0 Å². The zero-order chi connectivity index (χ0) is 25.3. The van der Waals surface area contributed by atoms with E-state index in [0.717, 1.165) is 46.7 Å². The maximum Gasteiger partial charge on any atom is 0.309 e. The zero-order valence-electron chi connectivity index (χ0n) is 20.7. The third kappa shape index (κ3) is 4.96. The van der Waals surface area contributed by atoms with Crippen molar-refractivity contribution in [2.24, 2.45) is 0 Å². The molecule has 4 N–H and O–H groups in total. The van der Waals surface area contributed by atoms with Crippen LogP contribution in [0.3, 0.4) is 0 Å². The predicted octanol–water partition coefficient (Wildman–Crippen LogP) is 3.22. The maximum absolute atomic E-state index is 12.9. The van der Waals surface area contributed by atoms with E-state index in [2.05, 4.69) is 52.4 Å². The summed E-state index contributed by atoms with van der Waals surface area (Å²) in [6.07, 6.45) is 4.26. The highest BCUT2D eigenvalue weighted by molar-refractivity contribution is 5.89. The van der Waals surface area contributed by atoms with Crippen molar-refractivity contribution in [3.8, 4) is 11.3 Å². The van der Waals surface area contributed by atoms with Gasteiger partial charge in [0, 0.05) is 23.7 Å². The molecule has 1 atom stereocenters. The molecule has 186 valence electrons. The number of fused-ring (bicyclic) bond motifs is 1. The molecule has 36 heavy (non-hydrogen) atoms. The van der Waals surface area contributed by atoms with Gasteiger partial charge in [0.2, 0.25) is 11.8 Å². The molecule has 0 saturated heterocycles. The number of aromatic nitrogens is 6. The number of hydrogen-bond acceptors (Lipinski definition) is 9. The number of carbonyl (C=O) groups is 1. The average molecular weight is 488 g/mol. The number of aryl methyl sites for hydroxylation is 1. The van der Waals surface area contributed by atoms with Gasteiger partial charge in [-0.3, -0.25) is 9.89 Å². The molecule has 0 unspecified atom stereocenters. The van der Waals surface area contributed by atoms with Gasteiger partial charge in [0.1, 0.15) is 0 Å². The fourth-order valence-electron chi connectivity index (χ4n) is 4.04. The van der Waals surface area contributed by atoms with Crippen molar-refractivity contribution >= 4 is 17.5 Å². The molecule has 1 aromatic carbocycles. The second-order valence-electron chi connectivity index (χ2n) is 9.86. The number of hydrogen-bond donors (Lipinski definition) is 4. The second-order valence-corrected chi connectivity index (χ2v) is 9.86. The summed E-state index contributed by atoms with van der Waals surface area (Å²) >= 11 is 0. The van der Waals surface area contributed by atoms with Crippen LogP contribution in [-0.4, -0.2) is 49.4 Å². The quantitative estimate of drug-likeness (QED) is 0.333. The number of carbonyl (C=O) groups excluding carboxylic acids is 1. The van der Waals surface area contributed by atoms with Gasteiger partial charge in [-0.2, -0.15) is 5.10 Å².